The van der Waals surface area contributed by atoms with Crippen molar-refractivity contribution in [2.24, 2.45) is 0 Å². The molecular formula is C14H29NS. The Balaban J connectivity index is 2.18. The van der Waals surface area contributed by atoms with Gasteiger partial charge in [-0.25, -0.2) is 0 Å². The second-order valence-electron chi connectivity index (χ2n) is 4.96. The predicted octanol–water partition coefficient (Wildman–Crippen LogP) is 4.22. The predicted molar refractivity (Wildman–Crippen MR) is 76.3 cm³/mol. The summed E-state index contributed by atoms with van der Waals surface area (Å²) in [6, 6.07) is 0.806. The van der Waals surface area contributed by atoms with Crippen LogP contribution in [0.5, 0.6) is 0 Å². The molecule has 1 aliphatic rings. The van der Waals surface area contributed by atoms with Gasteiger partial charge in [-0.1, -0.05) is 39.5 Å². The first-order valence-electron chi connectivity index (χ1n) is 7.23. The van der Waals surface area contributed by atoms with Crippen LogP contribution in [0.2, 0.25) is 0 Å². The fraction of sp³-hybridized carbons (Fsp3) is 1.00. The molecule has 16 heavy (non-hydrogen) atoms. The summed E-state index contributed by atoms with van der Waals surface area (Å²) in [5, 5.41) is 4.64. The lowest BCUT2D eigenvalue weighted by Crippen LogP contribution is -2.40. The minimum atomic E-state index is 0.806. The molecule has 0 aromatic heterocycles. The molecule has 1 rings (SSSR count). The van der Waals surface area contributed by atoms with Crippen molar-refractivity contribution in [3.05, 3.63) is 0 Å². The molecule has 0 bridgehead atoms. The van der Waals surface area contributed by atoms with Crippen molar-refractivity contribution in [1.82, 2.24) is 5.32 Å². The van der Waals surface area contributed by atoms with Crippen molar-refractivity contribution in [2.45, 2.75) is 76.5 Å². The number of unbranched alkanes of at least 4 members (excludes halogenated alkanes) is 2. The van der Waals surface area contributed by atoms with Gasteiger partial charge in [0.05, 0.1) is 0 Å². The van der Waals surface area contributed by atoms with Gasteiger partial charge in [-0.15, -0.1) is 0 Å². The molecule has 2 heteroatoms. The average molecular weight is 243 g/mol. The summed E-state index contributed by atoms with van der Waals surface area (Å²) in [6.07, 6.45) is 11.2. The maximum atomic E-state index is 3.74. The summed E-state index contributed by atoms with van der Waals surface area (Å²) >= 11 is 2.23. The summed E-state index contributed by atoms with van der Waals surface area (Å²) in [5.41, 5.74) is 0. The third-order valence-electron chi connectivity index (χ3n) is 3.44. The van der Waals surface area contributed by atoms with Crippen molar-refractivity contribution in [1.29, 1.82) is 0 Å². The Hall–Kier alpha value is 0.310. The van der Waals surface area contributed by atoms with Crippen LogP contribution in [0.15, 0.2) is 0 Å². The maximum absolute atomic E-state index is 3.74. The Morgan fingerprint density at radius 3 is 2.62 bits per heavy atom. The van der Waals surface area contributed by atoms with Crippen molar-refractivity contribution < 1.29 is 0 Å². The quantitative estimate of drug-likeness (QED) is 0.641. The molecule has 0 aromatic carbocycles. The molecule has 0 spiro atoms. The zero-order chi connectivity index (χ0) is 11.6. The third kappa shape index (κ3) is 5.58. The summed E-state index contributed by atoms with van der Waals surface area (Å²) in [6.45, 7) is 5.76. The van der Waals surface area contributed by atoms with Crippen molar-refractivity contribution >= 4 is 11.8 Å². The molecule has 1 aliphatic carbocycles. The van der Waals surface area contributed by atoms with E-state index in [0.29, 0.717) is 0 Å². The normalized spacial score (nSPS) is 25.9. The second-order valence-corrected chi connectivity index (χ2v) is 6.31. The maximum Gasteiger partial charge on any atom is 0.0201 e. The first-order chi connectivity index (χ1) is 7.88. The molecule has 0 amide bonds. The molecule has 1 saturated carbocycles. The van der Waals surface area contributed by atoms with E-state index in [0.717, 1.165) is 11.3 Å². The van der Waals surface area contributed by atoms with Crippen molar-refractivity contribution in [3.63, 3.8) is 0 Å². The lowest BCUT2D eigenvalue weighted by molar-refractivity contribution is 0.384. The number of hydrogen-bond acceptors (Lipinski definition) is 2. The first kappa shape index (κ1) is 14.4. The topological polar surface area (TPSA) is 12.0 Å². The van der Waals surface area contributed by atoms with Gasteiger partial charge in [0.15, 0.2) is 0 Å². The van der Waals surface area contributed by atoms with Gasteiger partial charge in [0.1, 0.15) is 0 Å². The first-order valence-corrected chi connectivity index (χ1v) is 8.28. The zero-order valence-electron chi connectivity index (χ0n) is 11.1. The molecule has 0 saturated heterocycles. The summed E-state index contributed by atoms with van der Waals surface area (Å²) in [7, 11) is 0. The molecular weight excluding hydrogens is 214 g/mol. The van der Waals surface area contributed by atoms with E-state index < -0.39 is 0 Å². The molecule has 0 radical (unpaired) electrons. The van der Waals surface area contributed by atoms with Crippen LogP contribution in [0.4, 0.5) is 0 Å². The van der Waals surface area contributed by atoms with Gasteiger partial charge in [-0.3, -0.25) is 0 Å². The van der Waals surface area contributed by atoms with Crippen molar-refractivity contribution in [3.8, 4) is 0 Å². The minimum Gasteiger partial charge on any atom is -0.313 e. The SMILES string of the molecule is CCCCCSC1CCCCC1NCCC. The lowest BCUT2D eigenvalue weighted by atomic mass is 9.95. The largest absolute Gasteiger partial charge is 0.313 e. The highest BCUT2D eigenvalue weighted by Crippen LogP contribution is 2.29. The van der Waals surface area contributed by atoms with Crippen LogP contribution in [-0.2, 0) is 0 Å². The second kappa shape index (κ2) is 9.35. The van der Waals surface area contributed by atoms with E-state index in [1.807, 2.05) is 0 Å². The molecule has 0 aromatic rings. The summed E-state index contributed by atoms with van der Waals surface area (Å²) in [4.78, 5) is 0. The molecule has 1 N–H and O–H groups in total. The Morgan fingerprint density at radius 1 is 1.06 bits per heavy atom. The fourth-order valence-corrected chi connectivity index (χ4v) is 3.92. The summed E-state index contributed by atoms with van der Waals surface area (Å²) < 4.78 is 0. The van der Waals surface area contributed by atoms with Gasteiger partial charge in [-0.05, 0) is 38.0 Å². The lowest BCUT2D eigenvalue weighted by Gasteiger charge is -2.32. The number of thioether (sulfide) groups is 1. The highest BCUT2D eigenvalue weighted by molar-refractivity contribution is 7.99. The highest BCUT2D eigenvalue weighted by atomic mass is 32.2. The van der Waals surface area contributed by atoms with E-state index in [1.54, 1.807) is 0 Å². The van der Waals surface area contributed by atoms with E-state index >= 15 is 0 Å². The summed E-state index contributed by atoms with van der Waals surface area (Å²) in [5.74, 6) is 1.38. The van der Waals surface area contributed by atoms with Crippen molar-refractivity contribution in [2.75, 3.05) is 12.3 Å². The Morgan fingerprint density at radius 2 is 1.88 bits per heavy atom. The van der Waals surface area contributed by atoms with E-state index in [4.69, 9.17) is 0 Å². The minimum absolute atomic E-state index is 0.806. The molecule has 2 unspecified atom stereocenters. The van der Waals surface area contributed by atoms with Gasteiger partial charge >= 0.3 is 0 Å². The van der Waals surface area contributed by atoms with E-state index in [1.165, 1.54) is 63.7 Å². The van der Waals surface area contributed by atoms with Crippen LogP contribution in [0.1, 0.15) is 65.2 Å². The van der Waals surface area contributed by atoms with Gasteiger partial charge in [-0.2, -0.15) is 11.8 Å². The van der Waals surface area contributed by atoms with Crippen LogP contribution >= 0.6 is 11.8 Å². The fourth-order valence-electron chi connectivity index (χ4n) is 2.45. The van der Waals surface area contributed by atoms with E-state index in [9.17, 15) is 0 Å². The smallest absolute Gasteiger partial charge is 0.0201 e. The Kier molecular flexibility index (Phi) is 8.40. The molecule has 96 valence electrons. The van der Waals surface area contributed by atoms with Crippen LogP contribution in [0, 0.1) is 0 Å². The number of hydrogen-bond donors (Lipinski definition) is 1. The van der Waals surface area contributed by atoms with E-state index in [2.05, 4.69) is 30.9 Å². The number of nitrogens with one attached hydrogen (secondary N) is 1. The van der Waals surface area contributed by atoms with Crippen LogP contribution in [0.25, 0.3) is 0 Å². The van der Waals surface area contributed by atoms with Gasteiger partial charge < -0.3 is 5.32 Å². The molecule has 2 atom stereocenters. The van der Waals surface area contributed by atoms with Gasteiger partial charge in [0, 0.05) is 11.3 Å². The van der Waals surface area contributed by atoms with Crippen LogP contribution < -0.4 is 5.32 Å². The molecule has 0 aliphatic heterocycles. The molecule has 1 fully saturated rings. The zero-order valence-corrected chi connectivity index (χ0v) is 12.0. The van der Waals surface area contributed by atoms with Crippen LogP contribution in [-0.4, -0.2) is 23.6 Å². The average Bonchev–Trinajstić information content (AvgIpc) is 2.33. The standard InChI is InChI=1S/C14H29NS/c1-3-5-8-12-16-14-10-7-6-9-13(14)15-11-4-2/h13-15H,3-12H2,1-2H3. The van der Waals surface area contributed by atoms with Gasteiger partial charge in [0.25, 0.3) is 0 Å². The Bertz CT molecular complexity index is 161. The highest BCUT2D eigenvalue weighted by Gasteiger charge is 2.24. The third-order valence-corrected chi connectivity index (χ3v) is 4.96. The molecule has 1 nitrogen and oxygen atoms in total. The number of rotatable bonds is 8. The monoisotopic (exact) mass is 243 g/mol. The van der Waals surface area contributed by atoms with E-state index in [-0.39, 0.29) is 0 Å². The molecule has 0 heterocycles. The van der Waals surface area contributed by atoms with Gasteiger partial charge in [0.2, 0.25) is 0 Å². The van der Waals surface area contributed by atoms with Crippen LogP contribution in [0.3, 0.4) is 0 Å². The Labute approximate surface area is 106 Å².